The van der Waals surface area contributed by atoms with Gasteiger partial charge in [0.15, 0.2) is 0 Å². The van der Waals surface area contributed by atoms with Crippen LogP contribution in [-0.2, 0) is 5.41 Å². The van der Waals surface area contributed by atoms with Crippen LogP contribution in [0.3, 0.4) is 0 Å². The molecule has 0 bridgehead atoms. The van der Waals surface area contributed by atoms with Crippen molar-refractivity contribution < 1.29 is 4.74 Å². The van der Waals surface area contributed by atoms with E-state index >= 15 is 0 Å². The molecular formula is C65H42N2O. The van der Waals surface area contributed by atoms with Gasteiger partial charge < -0.3 is 14.2 Å². The molecule has 1 spiro atoms. The number of fused-ring (bicyclic) bond motifs is 11. The number of hydrogen-bond acceptors (Lipinski definition) is 2. The van der Waals surface area contributed by atoms with E-state index in [2.05, 4.69) is 264 Å². The summed E-state index contributed by atoms with van der Waals surface area (Å²) in [6.45, 7) is 0. The molecule has 14 rings (SSSR count). The average molecular weight is 867 g/mol. The predicted molar refractivity (Wildman–Crippen MR) is 281 cm³/mol. The number of ether oxygens (including phenoxy) is 1. The fourth-order valence-electron chi connectivity index (χ4n) is 11.7. The van der Waals surface area contributed by atoms with E-state index in [0.29, 0.717) is 0 Å². The van der Waals surface area contributed by atoms with Crippen LogP contribution in [0.2, 0.25) is 0 Å². The Morgan fingerprint density at radius 2 is 0.882 bits per heavy atom. The number of hydrogen-bond donors (Lipinski definition) is 0. The van der Waals surface area contributed by atoms with E-state index in [1.165, 1.54) is 49.3 Å². The maximum Gasteiger partial charge on any atom is 0.132 e. The first-order valence-corrected chi connectivity index (χ1v) is 23.4. The SMILES string of the molecule is c1ccc(-c2cccc(-c3ccccc3)c2N(c2ccc3c4ccccc4n(-c4ccccc4)c3c2)c2ccc3c4c(cccc24)C2(c4ccccc4Oc4ccccc42)c2ccccc2-3)cc1. The van der Waals surface area contributed by atoms with Gasteiger partial charge in [0.25, 0.3) is 0 Å². The Labute approximate surface area is 395 Å². The molecule has 3 nitrogen and oxygen atoms in total. The van der Waals surface area contributed by atoms with Crippen molar-refractivity contribution in [3.8, 4) is 50.6 Å². The summed E-state index contributed by atoms with van der Waals surface area (Å²) in [4.78, 5) is 2.55. The second-order valence-electron chi connectivity index (χ2n) is 17.9. The smallest absolute Gasteiger partial charge is 0.132 e. The maximum absolute atomic E-state index is 6.78. The van der Waals surface area contributed by atoms with Crippen molar-refractivity contribution in [2.45, 2.75) is 5.41 Å². The van der Waals surface area contributed by atoms with Crippen molar-refractivity contribution in [1.82, 2.24) is 4.57 Å². The van der Waals surface area contributed by atoms with Crippen molar-refractivity contribution in [3.63, 3.8) is 0 Å². The molecule has 68 heavy (non-hydrogen) atoms. The summed E-state index contributed by atoms with van der Waals surface area (Å²) < 4.78 is 9.20. The molecule has 11 aromatic carbocycles. The number of aromatic nitrogens is 1. The monoisotopic (exact) mass is 866 g/mol. The van der Waals surface area contributed by atoms with Gasteiger partial charge in [-0.25, -0.2) is 0 Å². The predicted octanol–water partition coefficient (Wildman–Crippen LogP) is 17.2. The zero-order chi connectivity index (χ0) is 44.8. The average Bonchev–Trinajstić information content (AvgIpc) is 3.74. The largest absolute Gasteiger partial charge is 0.457 e. The molecule has 0 unspecified atom stereocenters. The molecule has 2 heterocycles. The van der Waals surface area contributed by atoms with Crippen LogP contribution in [0.25, 0.3) is 71.6 Å². The summed E-state index contributed by atoms with van der Waals surface area (Å²) >= 11 is 0. The third kappa shape index (κ3) is 5.47. The molecular weight excluding hydrogens is 825 g/mol. The molecule has 0 amide bonds. The highest BCUT2D eigenvalue weighted by Gasteiger charge is 2.49. The van der Waals surface area contributed by atoms with Gasteiger partial charge in [-0.2, -0.15) is 0 Å². The number of nitrogens with zero attached hydrogens (tertiary/aromatic N) is 2. The molecule has 0 atom stereocenters. The first-order valence-electron chi connectivity index (χ1n) is 23.4. The van der Waals surface area contributed by atoms with E-state index < -0.39 is 5.41 Å². The molecule has 0 saturated heterocycles. The van der Waals surface area contributed by atoms with Crippen LogP contribution in [0.5, 0.6) is 11.5 Å². The Morgan fingerprint density at radius 3 is 1.59 bits per heavy atom. The van der Waals surface area contributed by atoms with Gasteiger partial charge in [0.05, 0.1) is 27.8 Å². The van der Waals surface area contributed by atoms with Gasteiger partial charge in [-0.1, -0.05) is 206 Å². The van der Waals surface area contributed by atoms with Crippen molar-refractivity contribution >= 4 is 49.6 Å². The molecule has 12 aromatic rings. The summed E-state index contributed by atoms with van der Waals surface area (Å²) in [5.74, 6) is 1.76. The van der Waals surface area contributed by atoms with Crippen LogP contribution in [0.1, 0.15) is 22.3 Å². The second-order valence-corrected chi connectivity index (χ2v) is 17.9. The van der Waals surface area contributed by atoms with Gasteiger partial charge in [-0.15, -0.1) is 0 Å². The van der Waals surface area contributed by atoms with Crippen LogP contribution in [0, 0.1) is 0 Å². The zero-order valence-electron chi connectivity index (χ0n) is 37.1. The van der Waals surface area contributed by atoms with E-state index in [1.807, 2.05) is 0 Å². The molecule has 318 valence electrons. The summed E-state index contributed by atoms with van der Waals surface area (Å²) in [6.07, 6.45) is 0. The minimum atomic E-state index is -0.648. The fourth-order valence-corrected chi connectivity index (χ4v) is 11.7. The van der Waals surface area contributed by atoms with Crippen LogP contribution in [0.15, 0.2) is 255 Å². The third-order valence-electron chi connectivity index (χ3n) is 14.4. The molecule has 1 aliphatic carbocycles. The quantitative estimate of drug-likeness (QED) is 0.166. The zero-order valence-corrected chi connectivity index (χ0v) is 37.1. The number of para-hydroxylation sites is 5. The standard InChI is InChI=1S/C65H42N2O/c1-4-20-43(21-5-1)47-28-18-29-48(44-22-6-2-7-23-44)64(47)67(46-38-39-51-50-27-11-15-35-58(50)66(60(51)42-46)45-24-8-3-9-25-45)59-41-40-52-49-26-10-12-31-54(49)65(57-34-19-30-53(59)63(52)57)55-32-13-16-36-61(55)68-62-37-17-14-33-56(62)65/h1-42H. The Kier molecular flexibility index (Phi) is 8.50. The normalized spacial score (nSPS) is 12.9. The van der Waals surface area contributed by atoms with Gasteiger partial charge in [0.2, 0.25) is 0 Å². The number of anilines is 3. The van der Waals surface area contributed by atoms with Crippen molar-refractivity contribution in [3.05, 3.63) is 277 Å². The maximum atomic E-state index is 6.78. The van der Waals surface area contributed by atoms with Crippen LogP contribution < -0.4 is 9.64 Å². The molecule has 1 aromatic heterocycles. The summed E-state index contributed by atoms with van der Waals surface area (Å²) in [7, 11) is 0. The van der Waals surface area contributed by atoms with Gasteiger partial charge in [-0.05, 0) is 87.3 Å². The topological polar surface area (TPSA) is 17.4 Å². The second kappa shape index (κ2) is 15.1. The van der Waals surface area contributed by atoms with E-state index in [9.17, 15) is 0 Å². The van der Waals surface area contributed by atoms with Gasteiger partial charge >= 0.3 is 0 Å². The molecule has 1 aliphatic heterocycles. The molecule has 0 fully saturated rings. The Hall–Kier alpha value is -8.92. The highest BCUT2D eigenvalue weighted by atomic mass is 16.5. The summed E-state index contributed by atoms with van der Waals surface area (Å²) in [5.41, 5.74) is 17.9. The molecule has 2 aliphatic rings. The lowest BCUT2D eigenvalue weighted by atomic mass is 9.58. The highest BCUT2D eigenvalue weighted by molar-refractivity contribution is 6.15. The summed E-state index contributed by atoms with van der Waals surface area (Å²) in [5, 5.41) is 4.83. The van der Waals surface area contributed by atoms with E-state index in [-0.39, 0.29) is 0 Å². The minimum absolute atomic E-state index is 0.648. The van der Waals surface area contributed by atoms with Crippen molar-refractivity contribution in [2.75, 3.05) is 4.90 Å². The van der Waals surface area contributed by atoms with E-state index in [4.69, 9.17) is 4.74 Å². The Bertz CT molecular complexity index is 3840. The highest BCUT2D eigenvalue weighted by Crippen LogP contribution is 2.62. The van der Waals surface area contributed by atoms with Crippen LogP contribution in [0.4, 0.5) is 17.1 Å². The van der Waals surface area contributed by atoms with Gasteiger partial charge in [0.1, 0.15) is 11.5 Å². The number of rotatable bonds is 6. The van der Waals surface area contributed by atoms with Crippen molar-refractivity contribution in [2.24, 2.45) is 0 Å². The molecule has 3 heteroatoms. The lowest BCUT2D eigenvalue weighted by Crippen LogP contribution is -2.36. The Morgan fingerprint density at radius 1 is 0.353 bits per heavy atom. The molecule has 0 radical (unpaired) electrons. The van der Waals surface area contributed by atoms with Gasteiger partial charge in [0, 0.05) is 49.8 Å². The summed E-state index contributed by atoms with van der Waals surface area (Å²) in [6, 6.07) is 93.2. The van der Waals surface area contributed by atoms with E-state index in [0.717, 1.165) is 73.1 Å². The number of benzene rings is 11. The third-order valence-corrected chi connectivity index (χ3v) is 14.4. The van der Waals surface area contributed by atoms with Crippen LogP contribution >= 0.6 is 0 Å². The first-order chi connectivity index (χ1) is 33.8. The lowest BCUT2D eigenvalue weighted by Gasteiger charge is -2.45. The first kappa shape index (κ1) is 38.4. The minimum Gasteiger partial charge on any atom is -0.457 e. The van der Waals surface area contributed by atoms with Gasteiger partial charge in [-0.3, -0.25) is 0 Å². The van der Waals surface area contributed by atoms with Crippen LogP contribution in [-0.4, -0.2) is 4.57 Å². The fraction of sp³-hybridized carbons (Fsp3) is 0.0154. The molecule has 0 saturated carbocycles. The van der Waals surface area contributed by atoms with Crippen molar-refractivity contribution in [1.29, 1.82) is 0 Å². The lowest BCUT2D eigenvalue weighted by molar-refractivity contribution is 0.435. The Balaban J connectivity index is 1.14. The van der Waals surface area contributed by atoms with E-state index in [1.54, 1.807) is 0 Å². The molecule has 0 N–H and O–H groups in total.